The third-order valence-corrected chi connectivity index (χ3v) is 4.92. The van der Waals surface area contributed by atoms with Gasteiger partial charge < -0.3 is 15.1 Å². The fourth-order valence-electron chi connectivity index (χ4n) is 3.08. The van der Waals surface area contributed by atoms with Crippen LogP contribution in [0.5, 0.6) is 0 Å². The van der Waals surface area contributed by atoms with E-state index in [1.165, 1.54) is 6.20 Å². The van der Waals surface area contributed by atoms with Crippen LogP contribution in [0.15, 0.2) is 60.8 Å². The number of rotatable bonds is 10. The summed E-state index contributed by atoms with van der Waals surface area (Å²) in [7, 11) is 0. The summed E-state index contributed by atoms with van der Waals surface area (Å²) in [6, 6.07) is 18.4. The number of likely N-dealkylation sites (N-methyl/N-ethyl adjacent to an activating group) is 1. The number of carbonyl (C=O) groups excluding carboxylic acids is 1. The lowest BCUT2D eigenvalue weighted by Crippen LogP contribution is -2.33. The Labute approximate surface area is 187 Å². The average molecular weight is 431 g/mol. The van der Waals surface area contributed by atoms with Crippen LogP contribution in [0.3, 0.4) is 0 Å². The molecule has 8 heteroatoms. The molecule has 3 aromatic rings. The van der Waals surface area contributed by atoms with E-state index < -0.39 is 5.97 Å². The maximum absolute atomic E-state index is 12.2. The summed E-state index contributed by atoms with van der Waals surface area (Å²) in [6.45, 7) is 7.46. The molecule has 1 aromatic heterocycles. The van der Waals surface area contributed by atoms with E-state index in [9.17, 15) is 10.1 Å². The summed E-state index contributed by atoms with van der Waals surface area (Å²) in [6.07, 6.45) is 1.49. The minimum Gasteiger partial charge on any atom is -0.367 e. The van der Waals surface area contributed by atoms with Gasteiger partial charge in [-0.05, 0) is 37.4 Å². The van der Waals surface area contributed by atoms with E-state index in [1.807, 2.05) is 30.3 Å². The molecule has 3 rings (SSSR count). The van der Waals surface area contributed by atoms with Crippen molar-refractivity contribution in [3.63, 3.8) is 0 Å². The van der Waals surface area contributed by atoms with Gasteiger partial charge in [-0.25, -0.2) is 14.8 Å². The van der Waals surface area contributed by atoms with Gasteiger partial charge in [0.15, 0.2) is 0 Å². The number of hydroxylamine groups is 1. The lowest BCUT2D eigenvalue weighted by molar-refractivity contribution is 0.0237. The third-order valence-electron chi connectivity index (χ3n) is 4.92. The highest BCUT2D eigenvalue weighted by Gasteiger charge is 2.11. The van der Waals surface area contributed by atoms with E-state index in [1.54, 1.807) is 24.3 Å². The minimum atomic E-state index is -0.447. The fourth-order valence-corrected chi connectivity index (χ4v) is 3.08. The Bertz CT molecular complexity index is 1060. The first-order chi connectivity index (χ1) is 15.6. The number of carbonyl (C=O) groups is 1. The Morgan fingerprint density at radius 1 is 1.09 bits per heavy atom. The Morgan fingerprint density at radius 3 is 2.47 bits per heavy atom. The van der Waals surface area contributed by atoms with Crippen LogP contribution >= 0.6 is 0 Å². The van der Waals surface area contributed by atoms with Crippen molar-refractivity contribution in [1.82, 2.24) is 20.3 Å². The maximum Gasteiger partial charge on any atom is 0.356 e. The van der Waals surface area contributed by atoms with Crippen molar-refractivity contribution >= 4 is 17.6 Å². The summed E-state index contributed by atoms with van der Waals surface area (Å²) in [4.78, 5) is 28.3. The quantitative estimate of drug-likeness (QED) is 0.370. The molecule has 0 saturated carbocycles. The topological polar surface area (TPSA) is 103 Å². The molecule has 0 spiro atoms. The third kappa shape index (κ3) is 6.11. The van der Waals surface area contributed by atoms with Crippen LogP contribution in [0.2, 0.25) is 0 Å². The highest BCUT2D eigenvalue weighted by molar-refractivity contribution is 5.89. The summed E-state index contributed by atoms with van der Waals surface area (Å²) >= 11 is 0. The minimum absolute atomic E-state index is 0.358. The molecule has 0 saturated heterocycles. The predicted molar refractivity (Wildman–Crippen MR) is 123 cm³/mol. The van der Waals surface area contributed by atoms with Gasteiger partial charge in [0.2, 0.25) is 5.95 Å². The number of benzene rings is 2. The number of nitrogens with zero attached hydrogens (tertiary/aromatic N) is 4. The molecule has 0 atom stereocenters. The monoisotopic (exact) mass is 430 g/mol. The van der Waals surface area contributed by atoms with Gasteiger partial charge >= 0.3 is 5.97 Å². The fraction of sp³-hybridized carbons (Fsp3) is 0.250. The van der Waals surface area contributed by atoms with E-state index in [0.717, 1.165) is 25.2 Å². The number of hydrogen-bond donors (Lipinski definition) is 2. The van der Waals surface area contributed by atoms with Crippen molar-refractivity contribution < 1.29 is 9.63 Å². The Morgan fingerprint density at radius 2 is 1.81 bits per heavy atom. The van der Waals surface area contributed by atoms with Crippen LogP contribution in [-0.2, 0) is 4.84 Å². The highest BCUT2D eigenvalue weighted by atomic mass is 16.7. The van der Waals surface area contributed by atoms with Crippen molar-refractivity contribution in [2.45, 2.75) is 13.8 Å². The molecular formula is C24H26N6O2. The van der Waals surface area contributed by atoms with Gasteiger partial charge in [0.05, 0.1) is 23.0 Å². The van der Waals surface area contributed by atoms with Gasteiger partial charge in [0.1, 0.15) is 6.07 Å². The van der Waals surface area contributed by atoms with E-state index >= 15 is 0 Å². The van der Waals surface area contributed by atoms with Crippen molar-refractivity contribution in [3.8, 4) is 17.3 Å². The molecule has 2 aromatic carbocycles. The first kappa shape index (κ1) is 22.9. The van der Waals surface area contributed by atoms with Crippen LogP contribution < -0.4 is 10.8 Å². The molecule has 0 fully saturated rings. The molecule has 0 aliphatic heterocycles. The number of nitriles is 1. The molecule has 32 heavy (non-hydrogen) atoms. The first-order valence-electron chi connectivity index (χ1n) is 10.5. The summed E-state index contributed by atoms with van der Waals surface area (Å²) in [5, 5.41) is 12.5. The van der Waals surface area contributed by atoms with Crippen LogP contribution in [0, 0.1) is 11.3 Å². The molecule has 0 unspecified atom stereocenters. The van der Waals surface area contributed by atoms with Crippen LogP contribution in [0.1, 0.15) is 29.8 Å². The van der Waals surface area contributed by atoms with Crippen molar-refractivity contribution in [1.29, 1.82) is 5.26 Å². The van der Waals surface area contributed by atoms with Crippen LogP contribution in [-0.4, -0.2) is 47.0 Å². The van der Waals surface area contributed by atoms with Gasteiger partial charge in [0, 0.05) is 24.3 Å². The smallest absolute Gasteiger partial charge is 0.356 e. The second kappa shape index (κ2) is 11.6. The number of anilines is 2. The largest absolute Gasteiger partial charge is 0.367 e. The van der Waals surface area contributed by atoms with Crippen molar-refractivity contribution in [2.24, 2.45) is 0 Å². The standard InChI is InChI=1S/C24H26N6O2/c1-3-30(4-2)15-14-27-32-23(31)19-10-12-21(13-11-19)28-24-26-17-20(16-25)22(29-24)18-8-6-5-7-9-18/h5-13,17,27H,3-4,14-15H2,1-2H3,(H,26,28,29). The number of hydrogen-bond acceptors (Lipinski definition) is 8. The first-order valence-corrected chi connectivity index (χ1v) is 10.5. The van der Waals surface area contributed by atoms with Crippen molar-refractivity contribution in [2.75, 3.05) is 31.5 Å². The van der Waals surface area contributed by atoms with Crippen molar-refractivity contribution in [3.05, 3.63) is 71.9 Å². The van der Waals surface area contributed by atoms with Crippen LogP contribution in [0.4, 0.5) is 11.6 Å². The molecule has 0 bridgehead atoms. The van der Waals surface area contributed by atoms with E-state index in [-0.39, 0.29) is 0 Å². The SMILES string of the molecule is CCN(CC)CCNOC(=O)c1ccc(Nc2ncc(C#N)c(-c3ccccc3)n2)cc1. The second-order valence-corrected chi connectivity index (χ2v) is 6.95. The van der Waals surface area contributed by atoms with Crippen LogP contribution in [0.25, 0.3) is 11.3 Å². The maximum atomic E-state index is 12.2. The Kier molecular flexibility index (Phi) is 8.26. The summed E-state index contributed by atoms with van der Waals surface area (Å²) in [5.74, 6) is -0.0895. The zero-order valence-corrected chi connectivity index (χ0v) is 18.2. The van der Waals surface area contributed by atoms with E-state index in [0.29, 0.717) is 35.0 Å². The predicted octanol–water partition coefficient (Wildman–Crippen LogP) is 3.76. The van der Waals surface area contributed by atoms with Gasteiger partial charge in [-0.3, -0.25) is 0 Å². The molecule has 0 amide bonds. The van der Waals surface area contributed by atoms with Gasteiger partial charge in [0.25, 0.3) is 0 Å². The van der Waals surface area contributed by atoms with Gasteiger partial charge in [-0.2, -0.15) is 10.7 Å². The molecule has 2 N–H and O–H groups in total. The molecular weight excluding hydrogens is 404 g/mol. The molecule has 0 radical (unpaired) electrons. The summed E-state index contributed by atoms with van der Waals surface area (Å²) < 4.78 is 0. The second-order valence-electron chi connectivity index (χ2n) is 6.95. The highest BCUT2D eigenvalue weighted by Crippen LogP contribution is 2.23. The number of nitrogens with one attached hydrogen (secondary N) is 2. The molecule has 1 heterocycles. The average Bonchev–Trinajstić information content (AvgIpc) is 2.85. The molecule has 0 aliphatic rings. The molecule has 8 nitrogen and oxygen atoms in total. The molecule has 0 aliphatic carbocycles. The van der Waals surface area contributed by atoms with Gasteiger partial charge in [-0.15, -0.1) is 0 Å². The van der Waals surface area contributed by atoms with Gasteiger partial charge in [-0.1, -0.05) is 44.2 Å². The Hall–Kier alpha value is -3.80. The molecule has 164 valence electrons. The summed E-state index contributed by atoms with van der Waals surface area (Å²) in [5.41, 5.74) is 5.64. The Balaban J connectivity index is 1.61. The zero-order valence-electron chi connectivity index (χ0n) is 18.2. The van der Waals surface area contributed by atoms with E-state index in [4.69, 9.17) is 4.84 Å². The lowest BCUT2D eigenvalue weighted by Gasteiger charge is -2.17. The van der Waals surface area contributed by atoms with E-state index in [2.05, 4.69) is 45.6 Å². The number of aromatic nitrogens is 2. The lowest BCUT2D eigenvalue weighted by atomic mass is 10.1. The zero-order chi connectivity index (χ0) is 22.8. The normalized spacial score (nSPS) is 10.6.